The number of carbonyl (C=O) groups excluding carboxylic acids is 1. The number of hydrogen-bond donors (Lipinski definition) is 1. The van der Waals surface area contributed by atoms with Crippen LogP contribution in [0.3, 0.4) is 0 Å². The van der Waals surface area contributed by atoms with Gasteiger partial charge in [0.15, 0.2) is 16.7 Å². The molecule has 1 N–H and O–H groups in total. The average Bonchev–Trinajstić information content (AvgIpc) is 3.06. The van der Waals surface area contributed by atoms with Crippen molar-refractivity contribution < 1.29 is 14.3 Å². The van der Waals surface area contributed by atoms with Crippen molar-refractivity contribution in [3.05, 3.63) is 58.1 Å². The SMILES string of the molecule is CCOc1cc(C=NN=C2NC(=O)CS2)ccc1OCc1cccc(Br)c1. The summed E-state index contributed by atoms with van der Waals surface area (Å²) in [5.41, 5.74) is 1.89. The van der Waals surface area contributed by atoms with Crippen LogP contribution in [0, 0.1) is 0 Å². The Morgan fingerprint density at radius 2 is 2.11 bits per heavy atom. The van der Waals surface area contributed by atoms with E-state index in [9.17, 15) is 4.79 Å². The number of amidine groups is 1. The van der Waals surface area contributed by atoms with Gasteiger partial charge in [0.05, 0.1) is 18.6 Å². The van der Waals surface area contributed by atoms with E-state index in [0.29, 0.717) is 35.6 Å². The molecule has 8 heteroatoms. The van der Waals surface area contributed by atoms with E-state index in [-0.39, 0.29) is 5.91 Å². The zero-order valence-electron chi connectivity index (χ0n) is 14.6. The van der Waals surface area contributed by atoms with Crippen LogP contribution in [0.5, 0.6) is 11.5 Å². The van der Waals surface area contributed by atoms with E-state index in [2.05, 4.69) is 31.4 Å². The minimum Gasteiger partial charge on any atom is -0.490 e. The van der Waals surface area contributed by atoms with Gasteiger partial charge in [-0.25, -0.2) is 0 Å². The first kappa shape index (κ1) is 19.4. The van der Waals surface area contributed by atoms with Gasteiger partial charge < -0.3 is 14.8 Å². The number of nitrogens with zero attached hydrogens (tertiary/aromatic N) is 2. The molecule has 0 spiro atoms. The fraction of sp³-hybridized carbons (Fsp3) is 0.211. The molecule has 0 bridgehead atoms. The van der Waals surface area contributed by atoms with Crippen molar-refractivity contribution in [1.29, 1.82) is 0 Å². The Morgan fingerprint density at radius 3 is 2.85 bits per heavy atom. The molecule has 0 radical (unpaired) electrons. The summed E-state index contributed by atoms with van der Waals surface area (Å²) in [6, 6.07) is 13.5. The Labute approximate surface area is 170 Å². The number of hydrogen-bond acceptors (Lipinski definition) is 6. The van der Waals surface area contributed by atoms with E-state index in [1.54, 1.807) is 6.21 Å². The summed E-state index contributed by atoms with van der Waals surface area (Å²) >= 11 is 4.79. The Morgan fingerprint density at radius 1 is 1.22 bits per heavy atom. The highest BCUT2D eigenvalue weighted by Crippen LogP contribution is 2.29. The number of amides is 1. The smallest absolute Gasteiger partial charge is 0.236 e. The van der Waals surface area contributed by atoms with Crippen LogP contribution in [-0.4, -0.2) is 29.6 Å². The standard InChI is InChI=1S/C19H18BrN3O3S/c1-2-25-17-9-13(10-21-23-19-22-18(24)12-27-19)6-7-16(17)26-11-14-4-3-5-15(20)8-14/h3-10H,2,11-12H2,1H3,(H,22,23,24). The zero-order chi connectivity index (χ0) is 19.1. The molecule has 1 heterocycles. The van der Waals surface area contributed by atoms with E-state index in [1.807, 2.05) is 49.4 Å². The van der Waals surface area contributed by atoms with Crippen molar-refractivity contribution >= 4 is 45.0 Å². The van der Waals surface area contributed by atoms with Crippen LogP contribution in [0.1, 0.15) is 18.1 Å². The molecule has 0 atom stereocenters. The lowest BCUT2D eigenvalue weighted by molar-refractivity contribution is -0.116. The molecule has 0 aromatic heterocycles. The quantitative estimate of drug-likeness (QED) is 0.514. The van der Waals surface area contributed by atoms with Gasteiger partial charge in [0, 0.05) is 4.47 Å². The third-order valence-corrected chi connectivity index (χ3v) is 4.85. The van der Waals surface area contributed by atoms with Gasteiger partial charge in [0.2, 0.25) is 5.91 Å². The molecule has 1 aliphatic rings. The maximum Gasteiger partial charge on any atom is 0.236 e. The summed E-state index contributed by atoms with van der Waals surface area (Å²) in [7, 11) is 0. The van der Waals surface area contributed by atoms with Gasteiger partial charge in [-0.05, 0) is 48.4 Å². The monoisotopic (exact) mass is 447 g/mol. The van der Waals surface area contributed by atoms with Crippen molar-refractivity contribution in [3.8, 4) is 11.5 Å². The minimum absolute atomic E-state index is 0.0560. The molecule has 140 valence electrons. The Kier molecular flexibility index (Phi) is 6.89. The molecule has 1 saturated heterocycles. The Bertz CT molecular complexity index is 886. The molecule has 3 rings (SSSR count). The second-order valence-corrected chi connectivity index (χ2v) is 7.42. The molecule has 0 aliphatic carbocycles. The first-order chi connectivity index (χ1) is 13.1. The van der Waals surface area contributed by atoms with Crippen LogP contribution >= 0.6 is 27.7 Å². The lowest BCUT2D eigenvalue weighted by atomic mass is 10.2. The summed E-state index contributed by atoms with van der Waals surface area (Å²) < 4.78 is 12.6. The number of rotatable bonds is 7. The zero-order valence-corrected chi connectivity index (χ0v) is 17.0. The fourth-order valence-corrected chi connectivity index (χ4v) is 3.39. The third-order valence-electron chi connectivity index (χ3n) is 3.49. The maximum absolute atomic E-state index is 11.1. The average molecular weight is 448 g/mol. The lowest BCUT2D eigenvalue weighted by Crippen LogP contribution is -2.19. The van der Waals surface area contributed by atoms with Gasteiger partial charge in [-0.2, -0.15) is 5.10 Å². The molecule has 0 saturated carbocycles. The molecule has 27 heavy (non-hydrogen) atoms. The van der Waals surface area contributed by atoms with Gasteiger partial charge in [-0.3, -0.25) is 4.79 Å². The molecule has 1 fully saturated rings. The first-order valence-corrected chi connectivity index (χ1v) is 10.1. The van der Waals surface area contributed by atoms with Crippen LogP contribution in [0.2, 0.25) is 0 Å². The van der Waals surface area contributed by atoms with E-state index in [0.717, 1.165) is 15.6 Å². The van der Waals surface area contributed by atoms with E-state index < -0.39 is 0 Å². The summed E-state index contributed by atoms with van der Waals surface area (Å²) in [5, 5.41) is 11.1. The van der Waals surface area contributed by atoms with E-state index in [1.165, 1.54) is 11.8 Å². The van der Waals surface area contributed by atoms with Crippen LogP contribution < -0.4 is 14.8 Å². The van der Waals surface area contributed by atoms with E-state index in [4.69, 9.17) is 9.47 Å². The highest BCUT2D eigenvalue weighted by atomic mass is 79.9. The third kappa shape index (κ3) is 5.83. The maximum atomic E-state index is 11.1. The first-order valence-electron chi connectivity index (χ1n) is 8.32. The van der Waals surface area contributed by atoms with Crippen molar-refractivity contribution in [2.45, 2.75) is 13.5 Å². The fourth-order valence-electron chi connectivity index (χ4n) is 2.31. The van der Waals surface area contributed by atoms with E-state index >= 15 is 0 Å². The molecule has 1 aliphatic heterocycles. The van der Waals surface area contributed by atoms with Crippen LogP contribution in [0.25, 0.3) is 0 Å². The molecule has 2 aromatic rings. The van der Waals surface area contributed by atoms with Gasteiger partial charge >= 0.3 is 0 Å². The highest BCUT2D eigenvalue weighted by Gasteiger charge is 2.16. The summed E-state index contributed by atoms with van der Waals surface area (Å²) in [5.74, 6) is 1.64. The summed E-state index contributed by atoms with van der Waals surface area (Å²) in [6.45, 7) is 2.89. The second kappa shape index (κ2) is 9.57. The predicted molar refractivity (Wildman–Crippen MR) is 112 cm³/mol. The molecule has 2 aromatic carbocycles. The molecule has 1 amide bonds. The van der Waals surface area contributed by atoms with Gasteiger partial charge in [0.1, 0.15) is 6.61 Å². The Hall–Kier alpha value is -2.32. The largest absolute Gasteiger partial charge is 0.490 e. The van der Waals surface area contributed by atoms with Crippen LogP contribution in [0.15, 0.2) is 57.1 Å². The summed E-state index contributed by atoms with van der Waals surface area (Å²) in [6.07, 6.45) is 1.61. The number of halogens is 1. The number of nitrogens with one attached hydrogen (secondary N) is 1. The number of thioether (sulfide) groups is 1. The normalized spacial score (nSPS) is 15.3. The predicted octanol–water partition coefficient (Wildman–Crippen LogP) is 3.98. The van der Waals surface area contributed by atoms with Crippen molar-refractivity contribution in [2.75, 3.05) is 12.4 Å². The molecular weight excluding hydrogens is 430 g/mol. The van der Waals surface area contributed by atoms with Gasteiger partial charge in [-0.15, -0.1) is 5.10 Å². The minimum atomic E-state index is -0.0560. The topological polar surface area (TPSA) is 72.3 Å². The van der Waals surface area contributed by atoms with Crippen LogP contribution in [-0.2, 0) is 11.4 Å². The van der Waals surface area contributed by atoms with Crippen molar-refractivity contribution in [3.63, 3.8) is 0 Å². The van der Waals surface area contributed by atoms with Gasteiger partial charge in [0.25, 0.3) is 0 Å². The molecular formula is C19H18BrN3O3S. The second-order valence-electron chi connectivity index (χ2n) is 5.54. The van der Waals surface area contributed by atoms with Gasteiger partial charge in [-0.1, -0.05) is 39.8 Å². The van der Waals surface area contributed by atoms with Crippen LogP contribution in [0.4, 0.5) is 0 Å². The number of ether oxygens (including phenoxy) is 2. The van der Waals surface area contributed by atoms with Crippen molar-refractivity contribution in [2.24, 2.45) is 10.2 Å². The van der Waals surface area contributed by atoms with Crippen molar-refractivity contribution in [1.82, 2.24) is 5.32 Å². The lowest BCUT2D eigenvalue weighted by Gasteiger charge is -2.12. The highest BCUT2D eigenvalue weighted by molar-refractivity contribution is 9.10. The molecule has 0 unspecified atom stereocenters. The Balaban J connectivity index is 1.69. The number of benzene rings is 2. The summed E-state index contributed by atoms with van der Waals surface area (Å²) in [4.78, 5) is 11.1. The number of carbonyl (C=O) groups is 1. The molecule has 6 nitrogen and oxygen atoms in total.